The van der Waals surface area contributed by atoms with Crippen LogP contribution in [0.25, 0.3) is 61.3 Å². The number of aromatic nitrogens is 2. The molecule has 2 heterocycles. The summed E-state index contributed by atoms with van der Waals surface area (Å²) < 4.78 is 8.43. The Balaban J connectivity index is 1.40. The van der Waals surface area contributed by atoms with Crippen LogP contribution in [0.4, 0.5) is 0 Å². The minimum Gasteiger partial charge on any atom is -0.464 e. The van der Waals surface area contributed by atoms with Gasteiger partial charge in [-0.2, -0.15) is 0 Å². The van der Waals surface area contributed by atoms with E-state index in [9.17, 15) is 0 Å². The average molecular weight is 505 g/mol. The monoisotopic (exact) mass is 504 g/mol. The van der Waals surface area contributed by atoms with E-state index in [1.165, 1.54) is 38.9 Å². The molecule has 0 N–H and O–H groups in total. The number of fused-ring (bicyclic) bond motifs is 2. The standard InChI is InChI=1S/C36H28N2O/c1-23-10-9-11-24(2)35(23)27-16-18-30-31(22-39-34(30)21-27)36-37-32-14-7-8-15-33(32)38(36)28-17-19-29(25(3)20-28)26-12-5-4-6-13-26/h4-22H,1-3H3. The van der Waals surface area contributed by atoms with Crippen LogP contribution >= 0.6 is 0 Å². The number of nitrogens with zero attached hydrogens (tertiary/aromatic N) is 2. The van der Waals surface area contributed by atoms with Gasteiger partial charge in [-0.3, -0.25) is 4.57 Å². The van der Waals surface area contributed by atoms with E-state index in [4.69, 9.17) is 9.40 Å². The van der Waals surface area contributed by atoms with Crippen molar-refractivity contribution in [3.63, 3.8) is 0 Å². The average Bonchev–Trinajstić information content (AvgIpc) is 3.54. The van der Waals surface area contributed by atoms with Crippen molar-refractivity contribution in [1.82, 2.24) is 9.55 Å². The topological polar surface area (TPSA) is 31.0 Å². The maximum atomic E-state index is 6.18. The van der Waals surface area contributed by atoms with E-state index in [1.54, 1.807) is 0 Å². The zero-order valence-electron chi connectivity index (χ0n) is 22.3. The smallest absolute Gasteiger partial charge is 0.149 e. The molecule has 0 spiro atoms. The van der Waals surface area contributed by atoms with Gasteiger partial charge in [0.05, 0.1) is 16.6 Å². The predicted octanol–water partition coefficient (Wildman–Crippen LogP) is 9.70. The largest absolute Gasteiger partial charge is 0.464 e. The molecule has 39 heavy (non-hydrogen) atoms. The Morgan fingerprint density at radius 1 is 0.615 bits per heavy atom. The van der Waals surface area contributed by atoms with Crippen LogP contribution in [0.3, 0.4) is 0 Å². The number of benzene rings is 5. The molecule has 188 valence electrons. The van der Waals surface area contributed by atoms with Gasteiger partial charge in [-0.15, -0.1) is 0 Å². The van der Waals surface area contributed by atoms with Crippen LogP contribution in [-0.4, -0.2) is 9.55 Å². The fourth-order valence-corrected chi connectivity index (χ4v) is 5.82. The highest BCUT2D eigenvalue weighted by Gasteiger charge is 2.20. The molecule has 0 unspecified atom stereocenters. The molecule has 7 aromatic rings. The highest BCUT2D eigenvalue weighted by atomic mass is 16.3. The van der Waals surface area contributed by atoms with Crippen LogP contribution in [-0.2, 0) is 0 Å². The maximum Gasteiger partial charge on any atom is 0.149 e. The molecule has 7 rings (SSSR count). The molecule has 0 saturated carbocycles. The van der Waals surface area contributed by atoms with E-state index in [0.29, 0.717) is 0 Å². The molecule has 0 bridgehead atoms. The Hall–Kier alpha value is -4.89. The zero-order valence-corrected chi connectivity index (χ0v) is 22.3. The second-order valence-electron chi connectivity index (χ2n) is 10.3. The summed E-state index contributed by atoms with van der Waals surface area (Å²) in [6.45, 7) is 6.49. The third-order valence-electron chi connectivity index (χ3n) is 7.70. The van der Waals surface area contributed by atoms with Crippen molar-refractivity contribution in [2.24, 2.45) is 0 Å². The molecule has 0 radical (unpaired) electrons. The van der Waals surface area contributed by atoms with E-state index in [1.807, 2.05) is 12.3 Å². The van der Waals surface area contributed by atoms with Gasteiger partial charge in [0, 0.05) is 11.1 Å². The van der Waals surface area contributed by atoms with E-state index < -0.39 is 0 Å². The van der Waals surface area contributed by atoms with Gasteiger partial charge < -0.3 is 4.42 Å². The lowest BCUT2D eigenvalue weighted by Gasteiger charge is -2.13. The second kappa shape index (κ2) is 9.14. The van der Waals surface area contributed by atoms with Gasteiger partial charge in [-0.05, 0) is 96.1 Å². The molecular weight excluding hydrogens is 476 g/mol. The summed E-state index contributed by atoms with van der Waals surface area (Å²) >= 11 is 0. The molecule has 2 aromatic heterocycles. The summed E-state index contributed by atoms with van der Waals surface area (Å²) in [4.78, 5) is 5.10. The first-order valence-corrected chi connectivity index (χ1v) is 13.3. The minimum absolute atomic E-state index is 0.861. The molecule has 3 heteroatoms. The minimum atomic E-state index is 0.861. The Morgan fingerprint density at radius 2 is 1.38 bits per heavy atom. The Kier molecular flexibility index (Phi) is 5.45. The molecule has 0 aliphatic carbocycles. The first-order valence-electron chi connectivity index (χ1n) is 13.3. The Bertz CT molecular complexity index is 1970. The van der Waals surface area contributed by atoms with Crippen molar-refractivity contribution in [2.75, 3.05) is 0 Å². The normalized spacial score (nSPS) is 11.5. The molecule has 0 aliphatic rings. The van der Waals surface area contributed by atoms with Crippen LogP contribution in [0.2, 0.25) is 0 Å². The van der Waals surface area contributed by atoms with Crippen molar-refractivity contribution in [3.05, 3.63) is 132 Å². The fraction of sp³-hybridized carbons (Fsp3) is 0.0833. The number of hydrogen-bond acceptors (Lipinski definition) is 2. The van der Waals surface area contributed by atoms with Gasteiger partial charge in [0.25, 0.3) is 0 Å². The van der Waals surface area contributed by atoms with Crippen LogP contribution in [0.15, 0.2) is 120 Å². The highest BCUT2D eigenvalue weighted by Crippen LogP contribution is 2.38. The van der Waals surface area contributed by atoms with Crippen LogP contribution in [0.1, 0.15) is 16.7 Å². The number of imidazole rings is 1. The van der Waals surface area contributed by atoms with Crippen molar-refractivity contribution in [1.29, 1.82) is 0 Å². The first kappa shape index (κ1) is 23.2. The van der Waals surface area contributed by atoms with Crippen molar-refractivity contribution >= 4 is 22.0 Å². The number of furan rings is 1. The summed E-state index contributed by atoms with van der Waals surface area (Å²) in [6, 6.07) is 38.4. The zero-order chi connectivity index (χ0) is 26.5. The van der Waals surface area contributed by atoms with Gasteiger partial charge in [0.2, 0.25) is 0 Å². The summed E-state index contributed by atoms with van der Waals surface area (Å²) in [5, 5.41) is 1.05. The SMILES string of the molecule is Cc1cc(-n2c(-c3coc4cc(-c5c(C)cccc5C)ccc34)nc3ccccc32)ccc1-c1ccccc1. The molecule has 0 atom stereocenters. The van der Waals surface area contributed by atoms with Gasteiger partial charge in [-0.25, -0.2) is 4.98 Å². The molecule has 3 nitrogen and oxygen atoms in total. The lowest BCUT2D eigenvalue weighted by Crippen LogP contribution is -1.98. The van der Waals surface area contributed by atoms with E-state index in [2.05, 4.69) is 128 Å². The van der Waals surface area contributed by atoms with Crippen molar-refractivity contribution in [2.45, 2.75) is 20.8 Å². The summed E-state index contributed by atoms with van der Waals surface area (Å²) in [7, 11) is 0. The van der Waals surface area contributed by atoms with Gasteiger partial charge >= 0.3 is 0 Å². The van der Waals surface area contributed by atoms with Gasteiger partial charge in [0.15, 0.2) is 0 Å². The molecule has 0 amide bonds. The number of para-hydroxylation sites is 2. The lowest BCUT2D eigenvalue weighted by molar-refractivity contribution is 0.616. The number of rotatable bonds is 4. The summed E-state index contributed by atoms with van der Waals surface area (Å²) in [6.07, 6.45) is 1.85. The van der Waals surface area contributed by atoms with Crippen LogP contribution in [0, 0.1) is 20.8 Å². The highest BCUT2D eigenvalue weighted by molar-refractivity contribution is 5.97. The number of aryl methyl sites for hydroxylation is 3. The number of hydrogen-bond donors (Lipinski definition) is 0. The van der Waals surface area contributed by atoms with E-state index in [-0.39, 0.29) is 0 Å². The molecule has 0 aliphatic heterocycles. The third-order valence-corrected chi connectivity index (χ3v) is 7.70. The quantitative estimate of drug-likeness (QED) is 0.239. The Morgan fingerprint density at radius 3 is 2.18 bits per heavy atom. The fourth-order valence-electron chi connectivity index (χ4n) is 5.82. The summed E-state index contributed by atoms with van der Waals surface area (Å²) in [5.41, 5.74) is 13.6. The van der Waals surface area contributed by atoms with Gasteiger partial charge in [0.1, 0.15) is 17.7 Å². The third kappa shape index (κ3) is 3.86. The molecule has 5 aromatic carbocycles. The predicted molar refractivity (Wildman–Crippen MR) is 161 cm³/mol. The molecule has 0 fully saturated rings. The van der Waals surface area contributed by atoms with E-state index >= 15 is 0 Å². The van der Waals surface area contributed by atoms with Crippen LogP contribution < -0.4 is 0 Å². The van der Waals surface area contributed by atoms with Crippen molar-refractivity contribution < 1.29 is 4.42 Å². The van der Waals surface area contributed by atoms with E-state index in [0.717, 1.165) is 39.1 Å². The first-order chi connectivity index (χ1) is 19.1. The molecular formula is C36H28N2O. The summed E-state index contributed by atoms with van der Waals surface area (Å²) in [5.74, 6) is 0.877. The van der Waals surface area contributed by atoms with Gasteiger partial charge in [-0.1, -0.05) is 72.8 Å². The second-order valence-corrected chi connectivity index (χ2v) is 10.3. The van der Waals surface area contributed by atoms with Crippen molar-refractivity contribution in [3.8, 4) is 39.3 Å². The van der Waals surface area contributed by atoms with Crippen LogP contribution in [0.5, 0.6) is 0 Å². The maximum absolute atomic E-state index is 6.18. The molecule has 0 saturated heterocycles. The Labute approximate surface area is 228 Å². The lowest BCUT2D eigenvalue weighted by atomic mass is 9.95.